The van der Waals surface area contributed by atoms with E-state index in [9.17, 15) is 24.6 Å². The van der Waals surface area contributed by atoms with Crippen LogP contribution in [0.15, 0.2) is 100 Å². The van der Waals surface area contributed by atoms with Crippen molar-refractivity contribution >= 4 is 87.9 Å². The van der Waals surface area contributed by atoms with Gasteiger partial charge in [-0.15, -0.1) is 50.6 Å². The van der Waals surface area contributed by atoms with Crippen LogP contribution in [0.5, 0.6) is 0 Å². The smallest absolute Gasteiger partial charge is 0.313 e. The van der Waals surface area contributed by atoms with Crippen molar-refractivity contribution in [2.45, 2.75) is 42.1 Å². The van der Waals surface area contributed by atoms with Gasteiger partial charge in [-0.05, 0) is 68.5 Å². The number of aliphatic carboxylic acids is 3. The van der Waals surface area contributed by atoms with Crippen LogP contribution in [0.2, 0.25) is 0 Å². The van der Waals surface area contributed by atoms with Gasteiger partial charge in [0.1, 0.15) is 0 Å². The molecule has 3 aromatic rings. The van der Waals surface area contributed by atoms with Crippen molar-refractivity contribution in [2.24, 2.45) is 38.3 Å². The number of nitrogens with zero attached hydrogens (tertiary/aromatic N) is 3. The zero-order valence-electron chi connectivity index (χ0n) is 30.3. The average Bonchev–Trinajstić information content (AvgIpc) is 3.16. The number of thiocarbonyl (C=S) groups is 1. The molecule has 3 rings (SSSR count). The molecule has 0 aliphatic rings. The summed E-state index contributed by atoms with van der Waals surface area (Å²) in [5.41, 5.74) is 26.8. The molecular weight excluding hydrogens is 791 g/mol. The molecule has 0 aliphatic heterocycles. The highest BCUT2D eigenvalue weighted by atomic mass is 32.3. The first-order valence-electron chi connectivity index (χ1n) is 16.0. The normalized spacial score (nSPS) is 12.5. The van der Waals surface area contributed by atoms with Crippen LogP contribution >= 0.6 is 47.5 Å². The zero-order valence-corrected chi connectivity index (χ0v) is 33.6. The fourth-order valence-corrected chi connectivity index (χ4v) is 6.71. The Morgan fingerprint density at radius 3 is 1.49 bits per heavy atom. The molecule has 0 aliphatic carbocycles. The van der Waals surface area contributed by atoms with Crippen molar-refractivity contribution < 1.29 is 39.9 Å². The van der Waals surface area contributed by atoms with Crippen LogP contribution < -0.4 is 33.7 Å². The second-order valence-corrected chi connectivity index (χ2v) is 15.4. The minimum atomic E-state index is -1.01. The lowest BCUT2D eigenvalue weighted by molar-refractivity contribution is -0.134. The fraction of sp³-hybridized carbons (Fsp3) is 0.324. The van der Waals surface area contributed by atoms with E-state index < -0.39 is 34.0 Å². The summed E-state index contributed by atoms with van der Waals surface area (Å²) in [6.45, 7) is 3.75. The summed E-state index contributed by atoms with van der Waals surface area (Å²) < 4.78 is -0.400. The van der Waals surface area contributed by atoms with E-state index in [4.69, 9.17) is 38.3 Å². The van der Waals surface area contributed by atoms with Gasteiger partial charge >= 0.3 is 17.9 Å². The Kier molecular flexibility index (Phi) is 27.4. The Bertz CT molecular complexity index is 1560. The second kappa shape index (κ2) is 29.8. The third kappa shape index (κ3) is 26.9. The number of anilines is 1. The SMILES string of the molecule is CN[C@@H](C)[C@@H](O)c1ccccc1.C[C@@H](N)[C@@H](O)c1ccccc1.NC(=S)N=Nc1ccc(NN=C(N)N)cc1.O=C(O)CSC(SCC(=O)O)SCC(=O)O. The number of hydrazone groups is 1. The van der Waals surface area contributed by atoms with Crippen LogP contribution in [0.1, 0.15) is 37.2 Å². The quantitative estimate of drug-likeness (QED) is 0.0230. The number of rotatable bonds is 17. The maximum atomic E-state index is 10.3. The van der Waals surface area contributed by atoms with Crippen LogP contribution in [0.4, 0.5) is 11.4 Å². The molecule has 55 heavy (non-hydrogen) atoms. The monoisotopic (exact) mass is 839 g/mol. The van der Waals surface area contributed by atoms with Crippen molar-refractivity contribution in [3.05, 3.63) is 96.1 Å². The van der Waals surface area contributed by atoms with Gasteiger partial charge in [0, 0.05) is 12.1 Å². The van der Waals surface area contributed by atoms with E-state index in [1.165, 1.54) is 0 Å². The van der Waals surface area contributed by atoms with Crippen LogP contribution in [0, 0.1) is 0 Å². The molecule has 0 bridgehead atoms. The number of carboxylic acid groups (broad SMARTS) is 3. The van der Waals surface area contributed by atoms with Crippen molar-refractivity contribution in [3.8, 4) is 0 Å². The average molecular weight is 840 g/mol. The Labute approximate surface area is 337 Å². The van der Waals surface area contributed by atoms with E-state index in [0.29, 0.717) is 5.69 Å². The summed E-state index contributed by atoms with van der Waals surface area (Å²) in [6.07, 6.45) is -0.965. The van der Waals surface area contributed by atoms with Gasteiger partial charge in [-0.25, -0.2) is 0 Å². The number of carbonyl (C=O) groups is 3. The van der Waals surface area contributed by atoms with Gasteiger partial charge in [0.15, 0.2) is 0 Å². The molecule has 0 aromatic heterocycles. The number of nitrogens with one attached hydrogen (secondary N) is 2. The van der Waals surface area contributed by atoms with Crippen molar-refractivity contribution in [1.82, 2.24) is 5.32 Å². The van der Waals surface area contributed by atoms with E-state index >= 15 is 0 Å². The second-order valence-electron chi connectivity index (χ2n) is 10.8. The molecule has 0 saturated heterocycles. The number of aliphatic hydroxyl groups is 2. The molecule has 0 saturated carbocycles. The lowest BCUT2D eigenvalue weighted by Gasteiger charge is -2.17. The largest absolute Gasteiger partial charge is 0.481 e. The van der Waals surface area contributed by atoms with Crippen molar-refractivity contribution in [3.63, 3.8) is 0 Å². The van der Waals surface area contributed by atoms with Gasteiger partial charge in [-0.1, -0.05) is 60.7 Å². The lowest BCUT2D eigenvalue weighted by Crippen LogP contribution is -2.28. The molecule has 0 amide bonds. The third-order valence-electron chi connectivity index (χ3n) is 6.18. The standard InChI is InChI=1S/C10H15NO.C9H13NO.C8H11N7S.C7H10O6S3/c1-8(11-2)10(12)9-6-4-3-5-7-9;1-7(10)9(11)8-5-3-2-4-6-8;9-7(10)14-12-5-1-3-6(4-2-5)13-15-8(11)16;8-4(9)1-14-7(15-2-5(10)11)16-3-6(12)13/h3-8,10-12H,1-2H3;2-7,9,11H,10H2,1H3;1-4,12H,(H2,11,16)(H4,9,10,14);7H,1-3H2,(H,8,9)(H,10,11)(H,12,13)/t8-,10+;7-,9-;;/m01../s1. The molecule has 0 unspecified atom stereocenters. The first-order chi connectivity index (χ1) is 26.0. The van der Waals surface area contributed by atoms with E-state index in [2.05, 4.69) is 38.3 Å². The van der Waals surface area contributed by atoms with E-state index in [-0.39, 0.29) is 40.4 Å². The molecule has 0 heterocycles. The number of carboxylic acids is 3. The van der Waals surface area contributed by atoms with Crippen molar-refractivity contribution in [2.75, 3.05) is 29.7 Å². The molecule has 0 spiro atoms. The van der Waals surface area contributed by atoms with Gasteiger partial charge in [0.2, 0.25) is 11.1 Å². The summed E-state index contributed by atoms with van der Waals surface area (Å²) in [5, 5.41) is 58.5. The number of thioether (sulfide) groups is 3. The first-order valence-corrected chi connectivity index (χ1v) is 19.6. The van der Waals surface area contributed by atoms with Crippen LogP contribution in [-0.2, 0) is 14.4 Å². The Hall–Kier alpha value is -4.48. The molecule has 302 valence electrons. The summed E-state index contributed by atoms with van der Waals surface area (Å²) in [7, 11) is 1.84. The first kappa shape index (κ1) is 50.5. The number of hydrogen-bond donors (Lipinski definition) is 11. The van der Waals surface area contributed by atoms with Crippen LogP contribution in [-0.4, -0.2) is 94.8 Å². The van der Waals surface area contributed by atoms with Crippen molar-refractivity contribution in [1.29, 1.82) is 0 Å². The van der Waals surface area contributed by atoms with E-state index in [0.717, 1.165) is 52.1 Å². The van der Waals surface area contributed by atoms with E-state index in [1.807, 2.05) is 74.6 Å². The number of nitrogens with two attached hydrogens (primary N) is 4. The molecule has 4 atom stereocenters. The van der Waals surface area contributed by atoms with Gasteiger partial charge in [0.05, 0.1) is 44.8 Å². The maximum Gasteiger partial charge on any atom is 0.313 e. The molecule has 15 N–H and O–H groups in total. The summed E-state index contributed by atoms with van der Waals surface area (Å²) >= 11 is 7.59. The molecule has 17 nitrogen and oxygen atoms in total. The molecule has 3 aromatic carbocycles. The van der Waals surface area contributed by atoms with Crippen LogP contribution in [0.25, 0.3) is 0 Å². The van der Waals surface area contributed by atoms with Gasteiger partial charge in [0.25, 0.3) is 0 Å². The predicted octanol–water partition coefficient (Wildman–Crippen LogP) is 3.73. The fourth-order valence-electron chi connectivity index (χ4n) is 3.45. The molecule has 0 fully saturated rings. The topological polar surface area (TPSA) is 318 Å². The van der Waals surface area contributed by atoms with Gasteiger partial charge < -0.3 is 53.8 Å². The highest BCUT2D eigenvalue weighted by Gasteiger charge is 2.16. The summed E-state index contributed by atoms with van der Waals surface area (Å²) in [5.74, 6) is -3.61. The number of azo groups is 1. The summed E-state index contributed by atoms with van der Waals surface area (Å²) in [4.78, 5) is 30.9. The maximum absolute atomic E-state index is 10.3. The van der Waals surface area contributed by atoms with Gasteiger partial charge in [-0.2, -0.15) is 0 Å². The minimum Gasteiger partial charge on any atom is -0.481 e. The molecule has 21 heteroatoms. The molecular formula is C34H49N9O8S4. The third-order valence-corrected chi connectivity index (χ3v) is 10.8. The zero-order chi connectivity index (χ0) is 41.8. The number of hydrogen-bond acceptors (Lipinski definition) is 14. The molecule has 0 radical (unpaired) electrons. The minimum absolute atomic E-state index is 0.0114. The number of guanidine groups is 1. The number of aliphatic hydroxyl groups excluding tert-OH is 2. The highest BCUT2D eigenvalue weighted by molar-refractivity contribution is 8.32. The Balaban J connectivity index is 0.000000715. The number of benzene rings is 3. The predicted molar refractivity (Wildman–Crippen MR) is 226 cm³/mol. The Morgan fingerprint density at radius 1 is 0.727 bits per heavy atom. The van der Waals surface area contributed by atoms with Crippen LogP contribution in [0.3, 0.4) is 0 Å². The Morgan fingerprint density at radius 2 is 1.15 bits per heavy atom. The summed E-state index contributed by atoms with van der Waals surface area (Å²) in [6, 6.07) is 25.9. The van der Waals surface area contributed by atoms with E-state index in [1.54, 1.807) is 31.2 Å². The highest BCUT2D eigenvalue weighted by Crippen LogP contribution is 2.33. The lowest BCUT2D eigenvalue weighted by atomic mass is 10.0. The number of likely N-dealkylation sites (N-methyl/N-ethyl adjacent to an activating group) is 1. The van der Waals surface area contributed by atoms with Gasteiger partial charge in [-0.3, -0.25) is 19.8 Å².